The lowest BCUT2D eigenvalue weighted by atomic mass is 9.85. The standard InChI is InChI=1S/C29H25IN2O4/c1-35-27-18-22(14-17-26(27)36-20-21-12-15-25(30)16-13-21)19-31-32-28(33)29(34,23-8-4-2-5-9-23)24-10-6-3-7-11-24/h2-19,34H,20H2,1H3,(H,32,33)/b31-19-. The topological polar surface area (TPSA) is 80.2 Å². The molecule has 0 unspecified atom stereocenters. The maximum Gasteiger partial charge on any atom is 0.281 e. The van der Waals surface area contributed by atoms with Gasteiger partial charge in [0.15, 0.2) is 17.1 Å². The molecule has 4 rings (SSSR count). The Morgan fingerprint density at radius 3 is 2.11 bits per heavy atom. The van der Waals surface area contributed by atoms with Crippen molar-refractivity contribution in [2.75, 3.05) is 7.11 Å². The van der Waals surface area contributed by atoms with Gasteiger partial charge >= 0.3 is 0 Å². The summed E-state index contributed by atoms with van der Waals surface area (Å²) < 4.78 is 12.6. The second kappa shape index (κ2) is 11.8. The molecule has 0 fully saturated rings. The number of aliphatic hydroxyl groups is 1. The van der Waals surface area contributed by atoms with Gasteiger partial charge in [-0.1, -0.05) is 72.8 Å². The molecule has 0 spiro atoms. The lowest BCUT2D eigenvalue weighted by molar-refractivity contribution is -0.136. The summed E-state index contributed by atoms with van der Waals surface area (Å²) in [7, 11) is 1.57. The average Bonchev–Trinajstić information content (AvgIpc) is 2.93. The van der Waals surface area contributed by atoms with Crippen molar-refractivity contribution in [2.24, 2.45) is 5.10 Å². The summed E-state index contributed by atoms with van der Waals surface area (Å²) in [4.78, 5) is 13.2. The fraction of sp³-hybridized carbons (Fsp3) is 0.103. The zero-order chi connectivity index (χ0) is 25.4. The molecule has 2 N–H and O–H groups in total. The molecule has 0 aromatic heterocycles. The summed E-state index contributed by atoms with van der Waals surface area (Å²) in [6, 6.07) is 31.0. The van der Waals surface area contributed by atoms with Crippen molar-refractivity contribution in [1.29, 1.82) is 0 Å². The van der Waals surface area contributed by atoms with Crippen LogP contribution < -0.4 is 14.9 Å². The first-order chi connectivity index (χ1) is 17.5. The molecule has 0 aliphatic carbocycles. The maximum absolute atomic E-state index is 13.2. The van der Waals surface area contributed by atoms with Crippen LogP contribution in [0.3, 0.4) is 0 Å². The normalized spacial score (nSPS) is 11.3. The third kappa shape index (κ3) is 5.92. The molecule has 0 bridgehead atoms. The van der Waals surface area contributed by atoms with Crippen LogP contribution in [-0.2, 0) is 17.0 Å². The van der Waals surface area contributed by atoms with E-state index in [2.05, 4.69) is 33.1 Å². The van der Waals surface area contributed by atoms with Crippen LogP contribution in [0.15, 0.2) is 108 Å². The Morgan fingerprint density at radius 1 is 0.917 bits per heavy atom. The van der Waals surface area contributed by atoms with Gasteiger partial charge in [-0.2, -0.15) is 5.10 Å². The molecule has 0 radical (unpaired) electrons. The van der Waals surface area contributed by atoms with E-state index >= 15 is 0 Å². The number of benzene rings is 4. The predicted molar refractivity (Wildman–Crippen MR) is 148 cm³/mol. The molecule has 36 heavy (non-hydrogen) atoms. The van der Waals surface area contributed by atoms with Gasteiger partial charge in [-0.3, -0.25) is 4.79 Å². The highest BCUT2D eigenvalue weighted by atomic mass is 127. The van der Waals surface area contributed by atoms with Crippen LogP contribution in [0.4, 0.5) is 0 Å². The molecule has 0 heterocycles. The van der Waals surface area contributed by atoms with Crippen molar-refractivity contribution in [2.45, 2.75) is 12.2 Å². The molecule has 7 heteroatoms. The molecule has 0 aliphatic rings. The highest BCUT2D eigenvalue weighted by Gasteiger charge is 2.39. The quantitative estimate of drug-likeness (QED) is 0.158. The monoisotopic (exact) mass is 592 g/mol. The van der Waals surface area contributed by atoms with Crippen LogP contribution in [0, 0.1) is 3.57 Å². The van der Waals surface area contributed by atoms with Crippen LogP contribution in [0.1, 0.15) is 22.3 Å². The first-order valence-corrected chi connectivity index (χ1v) is 12.3. The summed E-state index contributed by atoms with van der Waals surface area (Å²) in [6.07, 6.45) is 1.49. The second-order valence-corrected chi connectivity index (χ2v) is 9.21. The van der Waals surface area contributed by atoms with Crippen LogP contribution in [0.25, 0.3) is 0 Å². The van der Waals surface area contributed by atoms with Crippen molar-refractivity contribution in [3.63, 3.8) is 0 Å². The van der Waals surface area contributed by atoms with Crippen molar-refractivity contribution >= 4 is 34.7 Å². The van der Waals surface area contributed by atoms with Gasteiger partial charge in [-0.15, -0.1) is 0 Å². The number of amides is 1. The van der Waals surface area contributed by atoms with E-state index in [9.17, 15) is 9.90 Å². The number of carbonyl (C=O) groups excluding carboxylic acids is 1. The average molecular weight is 592 g/mol. The molecular weight excluding hydrogens is 567 g/mol. The SMILES string of the molecule is COc1cc(/C=N\NC(=O)C(O)(c2ccccc2)c2ccccc2)ccc1OCc1ccc(I)cc1. The molecule has 0 aliphatic heterocycles. The summed E-state index contributed by atoms with van der Waals surface area (Å²) in [5.74, 6) is 0.473. The Hall–Kier alpha value is -3.69. The van der Waals surface area contributed by atoms with Crippen LogP contribution >= 0.6 is 22.6 Å². The van der Waals surface area contributed by atoms with Crippen LogP contribution in [0.2, 0.25) is 0 Å². The number of hydrazone groups is 1. The highest BCUT2D eigenvalue weighted by Crippen LogP contribution is 2.30. The Labute approximate surface area is 223 Å². The number of nitrogens with zero attached hydrogens (tertiary/aromatic N) is 1. The van der Waals surface area contributed by atoms with Gasteiger partial charge in [0.25, 0.3) is 5.91 Å². The van der Waals surface area contributed by atoms with Crippen molar-refractivity contribution in [3.8, 4) is 11.5 Å². The van der Waals surface area contributed by atoms with Gasteiger partial charge in [0.1, 0.15) is 6.61 Å². The summed E-state index contributed by atoms with van der Waals surface area (Å²) in [5, 5.41) is 15.6. The zero-order valence-electron chi connectivity index (χ0n) is 19.6. The molecule has 4 aromatic rings. The van der Waals surface area contributed by atoms with Gasteiger partial charge in [-0.05, 0) is 75.2 Å². The predicted octanol–water partition coefficient (Wildman–Crippen LogP) is 5.27. The van der Waals surface area contributed by atoms with E-state index in [0.29, 0.717) is 34.8 Å². The molecule has 6 nitrogen and oxygen atoms in total. The Bertz CT molecular complexity index is 1290. The van der Waals surface area contributed by atoms with Crippen LogP contribution in [0.5, 0.6) is 11.5 Å². The highest BCUT2D eigenvalue weighted by molar-refractivity contribution is 14.1. The number of halogens is 1. The third-order valence-corrected chi connectivity index (χ3v) is 6.31. The number of hydrogen-bond donors (Lipinski definition) is 2. The minimum Gasteiger partial charge on any atom is -0.493 e. The largest absolute Gasteiger partial charge is 0.493 e. The summed E-state index contributed by atoms with van der Waals surface area (Å²) in [6.45, 7) is 0.411. The Kier molecular flexibility index (Phi) is 8.35. The summed E-state index contributed by atoms with van der Waals surface area (Å²) in [5.41, 5.74) is 3.21. The number of carbonyl (C=O) groups is 1. The van der Waals surface area contributed by atoms with Gasteiger partial charge < -0.3 is 14.6 Å². The molecule has 182 valence electrons. The van der Waals surface area contributed by atoms with E-state index in [1.807, 2.05) is 42.5 Å². The van der Waals surface area contributed by atoms with Crippen molar-refractivity contribution < 1.29 is 19.4 Å². The van der Waals surface area contributed by atoms with Gasteiger partial charge in [0.05, 0.1) is 13.3 Å². The van der Waals surface area contributed by atoms with E-state index in [1.165, 1.54) is 6.21 Å². The maximum atomic E-state index is 13.2. The van der Waals surface area contributed by atoms with Crippen molar-refractivity contribution in [3.05, 3.63) is 129 Å². The second-order valence-electron chi connectivity index (χ2n) is 7.97. The molecule has 1 amide bonds. The number of hydrogen-bond acceptors (Lipinski definition) is 5. The fourth-order valence-corrected chi connectivity index (χ4v) is 4.02. The molecule has 4 aromatic carbocycles. The first-order valence-electron chi connectivity index (χ1n) is 11.2. The molecule has 0 atom stereocenters. The van der Waals surface area contributed by atoms with Gasteiger partial charge in [0.2, 0.25) is 0 Å². The Balaban J connectivity index is 1.48. The number of rotatable bonds is 9. The number of methoxy groups -OCH3 is 1. The van der Waals surface area contributed by atoms with E-state index in [-0.39, 0.29) is 0 Å². The van der Waals surface area contributed by atoms with Gasteiger partial charge in [-0.25, -0.2) is 5.43 Å². The smallest absolute Gasteiger partial charge is 0.281 e. The van der Waals surface area contributed by atoms with E-state index in [4.69, 9.17) is 9.47 Å². The lowest BCUT2D eigenvalue weighted by Gasteiger charge is -2.27. The Morgan fingerprint density at radius 2 is 1.53 bits per heavy atom. The molecule has 0 saturated heterocycles. The van der Waals surface area contributed by atoms with E-state index < -0.39 is 11.5 Å². The van der Waals surface area contributed by atoms with Crippen molar-refractivity contribution in [1.82, 2.24) is 5.43 Å². The number of ether oxygens (including phenoxy) is 2. The molecular formula is C29H25IN2O4. The first kappa shape index (κ1) is 25.4. The van der Waals surface area contributed by atoms with E-state index in [1.54, 1.807) is 67.8 Å². The van der Waals surface area contributed by atoms with Gasteiger partial charge in [0, 0.05) is 3.57 Å². The summed E-state index contributed by atoms with van der Waals surface area (Å²) >= 11 is 2.26. The van der Waals surface area contributed by atoms with E-state index in [0.717, 1.165) is 9.13 Å². The minimum absolute atomic E-state index is 0.411. The third-order valence-electron chi connectivity index (χ3n) is 5.59. The molecule has 0 saturated carbocycles. The van der Waals surface area contributed by atoms with Crippen LogP contribution in [-0.4, -0.2) is 24.3 Å². The minimum atomic E-state index is -1.90. The lowest BCUT2D eigenvalue weighted by Crippen LogP contribution is -2.43. The zero-order valence-corrected chi connectivity index (χ0v) is 21.8. The fourth-order valence-electron chi connectivity index (χ4n) is 3.66. The number of nitrogens with one attached hydrogen (secondary N) is 1.